The van der Waals surface area contributed by atoms with Gasteiger partial charge in [-0.25, -0.2) is 0 Å². The highest BCUT2D eigenvalue weighted by molar-refractivity contribution is 5.78. The van der Waals surface area contributed by atoms with Gasteiger partial charge in [-0.1, -0.05) is 51.1 Å². The molecule has 1 aromatic rings. The van der Waals surface area contributed by atoms with Crippen molar-refractivity contribution in [1.29, 1.82) is 0 Å². The van der Waals surface area contributed by atoms with E-state index in [1.54, 1.807) is 0 Å². The molecule has 0 fully saturated rings. The number of carbonyl (C=O) groups excluding carboxylic acids is 1. The van der Waals surface area contributed by atoms with E-state index in [1.165, 1.54) is 5.56 Å². The second-order valence-electron chi connectivity index (χ2n) is 6.66. The lowest BCUT2D eigenvalue weighted by Crippen LogP contribution is -2.42. The van der Waals surface area contributed by atoms with Gasteiger partial charge < -0.3 is 11.1 Å². The number of nitrogens with zero attached hydrogens (tertiary/aromatic N) is 1. The van der Waals surface area contributed by atoms with Crippen molar-refractivity contribution in [2.24, 2.45) is 11.1 Å². The van der Waals surface area contributed by atoms with Gasteiger partial charge in [0, 0.05) is 13.1 Å². The van der Waals surface area contributed by atoms with Gasteiger partial charge in [-0.15, -0.1) is 0 Å². The molecule has 0 saturated heterocycles. The summed E-state index contributed by atoms with van der Waals surface area (Å²) >= 11 is 0. The molecule has 1 amide bonds. The Morgan fingerprint density at radius 3 is 2.52 bits per heavy atom. The van der Waals surface area contributed by atoms with Crippen molar-refractivity contribution < 1.29 is 4.79 Å². The van der Waals surface area contributed by atoms with Gasteiger partial charge in [0.05, 0.1) is 6.54 Å². The minimum atomic E-state index is 0.0341. The van der Waals surface area contributed by atoms with Gasteiger partial charge in [0.25, 0.3) is 0 Å². The van der Waals surface area contributed by atoms with E-state index in [0.717, 1.165) is 6.54 Å². The lowest BCUT2D eigenvalue weighted by Gasteiger charge is -2.28. The molecule has 1 atom stereocenters. The van der Waals surface area contributed by atoms with Crippen molar-refractivity contribution in [1.82, 2.24) is 10.2 Å². The molecule has 0 aliphatic rings. The zero-order valence-electron chi connectivity index (χ0n) is 13.7. The average Bonchev–Trinajstić information content (AvgIpc) is 2.45. The third-order valence-corrected chi connectivity index (χ3v) is 3.64. The second kappa shape index (κ2) is 8.15. The number of carbonyl (C=O) groups is 1. The third kappa shape index (κ3) is 6.74. The minimum absolute atomic E-state index is 0.0341. The number of nitrogens with one attached hydrogen (secondary N) is 1. The first kappa shape index (κ1) is 17.7. The molecule has 1 aromatic carbocycles. The summed E-state index contributed by atoms with van der Waals surface area (Å²) in [7, 11) is 1.96. The summed E-state index contributed by atoms with van der Waals surface area (Å²) in [6, 6.07) is 10.2. The fourth-order valence-electron chi connectivity index (χ4n) is 2.32. The highest BCUT2D eigenvalue weighted by Crippen LogP contribution is 2.14. The van der Waals surface area contributed by atoms with E-state index in [-0.39, 0.29) is 11.3 Å². The quantitative estimate of drug-likeness (QED) is 0.768. The van der Waals surface area contributed by atoms with Crippen LogP contribution in [0.3, 0.4) is 0 Å². The van der Waals surface area contributed by atoms with Gasteiger partial charge in [-0.2, -0.15) is 0 Å². The van der Waals surface area contributed by atoms with Crippen LogP contribution in [0.4, 0.5) is 0 Å². The lowest BCUT2D eigenvalue weighted by molar-refractivity contribution is -0.122. The fraction of sp³-hybridized carbons (Fsp3) is 0.588. The maximum absolute atomic E-state index is 12.0. The van der Waals surface area contributed by atoms with Crippen LogP contribution >= 0.6 is 0 Å². The second-order valence-corrected chi connectivity index (χ2v) is 6.66. The standard InChI is InChI=1S/C17H29N3O/c1-14(15-8-6-5-7-9-15)10-19-16(21)11-20(4)13-17(2,3)12-18/h5-9,14H,10-13,18H2,1-4H3,(H,19,21). The van der Waals surface area contributed by atoms with Crippen molar-refractivity contribution in [3.05, 3.63) is 35.9 Å². The highest BCUT2D eigenvalue weighted by atomic mass is 16.2. The van der Waals surface area contributed by atoms with Crippen LogP contribution in [0.15, 0.2) is 30.3 Å². The van der Waals surface area contributed by atoms with Crippen LogP contribution in [0.2, 0.25) is 0 Å². The van der Waals surface area contributed by atoms with Crippen molar-refractivity contribution in [3.63, 3.8) is 0 Å². The third-order valence-electron chi connectivity index (χ3n) is 3.64. The van der Waals surface area contributed by atoms with Gasteiger partial charge >= 0.3 is 0 Å². The summed E-state index contributed by atoms with van der Waals surface area (Å²) < 4.78 is 0. The molecule has 1 unspecified atom stereocenters. The Morgan fingerprint density at radius 2 is 1.95 bits per heavy atom. The number of likely N-dealkylation sites (N-methyl/N-ethyl adjacent to an activating group) is 1. The summed E-state index contributed by atoms with van der Waals surface area (Å²) in [6.45, 7) is 8.84. The van der Waals surface area contributed by atoms with Crippen LogP contribution in [0, 0.1) is 5.41 Å². The van der Waals surface area contributed by atoms with Crippen LogP contribution in [0.5, 0.6) is 0 Å². The molecule has 1 rings (SSSR count). The Balaban J connectivity index is 2.34. The predicted octanol–water partition coefficient (Wildman–Crippen LogP) is 1.82. The molecule has 0 saturated carbocycles. The Bertz CT molecular complexity index is 431. The zero-order chi connectivity index (χ0) is 15.9. The number of benzene rings is 1. The van der Waals surface area contributed by atoms with Crippen LogP contribution in [0.25, 0.3) is 0 Å². The van der Waals surface area contributed by atoms with E-state index < -0.39 is 0 Å². The van der Waals surface area contributed by atoms with Gasteiger partial charge in [-0.3, -0.25) is 9.69 Å². The largest absolute Gasteiger partial charge is 0.354 e. The fourth-order valence-corrected chi connectivity index (χ4v) is 2.32. The molecule has 0 aliphatic heterocycles. The predicted molar refractivity (Wildman–Crippen MR) is 88.2 cm³/mol. The number of hydrogen-bond acceptors (Lipinski definition) is 3. The topological polar surface area (TPSA) is 58.4 Å². The zero-order valence-corrected chi connectivity index (χ0v) is 13.7. The van der Waals surface area contributed by atoms with E-state index in [0.29, 0.717) is 25.6 Å². The van der Waals surface area contributed by atoms with Crippen LogP contribution < -0.4 is 11.1 Å². The Kier molecular flexibility index (Phi) is 6.85. The Labute approximate surface area is 128 Å². The van der Waals surface area contributed by atoms with Crippen molar-refractivity contribution in [2.75, 3.05) is 33.2 Å². The van der Waals surface area contributed by atoms with Crippen LogP contribution in [-0.2, 0) is 4.79 Å². The summed E-state index contributed by atoms with van der Waals surface area (Å²) in [5.74, 6) is 0.383. The molecule has 4 heteroatoms. The number of hydrogen-bond donors (Lipinski definition) is 2. The Hall–Kier alpha value is -1.39. The van der Waals surface area contributed by atoms with Gasteiger partial charge in [0.15, 0.2) is 0 Å². The molecule has 118 valence electrons. The molecule has 0 aromatic heterocycles. The van der Waals surface area contributed by atoms with Crippen LogP contribution in [0.1, 0.15) is 32.3 Å². The molecule has 0 heterocycles. The molecule has 0 aliphatic carbocycles. The molecule has 0 bridgehead atoms. The maximum Gasteiger partial charge on any atom is 0.234 e. The first-order valence-corrected chi connectivity index (χ1v) is 7.54. The summed E-state index contributed by atoms with van der Waals surface area (Å²) in [6.07, 6.45) is 0. The summed E-state index contributed by atoms with van der Waals surface area (Å²) in [5.41, 5.74) is 7.00. The molecule has 21 heavy (non-hydrogen) atoms. The first-order chi connectivity index (χ1) is 9.84. The molecular weight excluding hydrogens is 262 g/mol. The first-order valence-electron chi connectivity index (χ1n) is 7.54. The SMILES string of the molecule is CC(CNC(=O)CN(C)CC(C)(C)CN)c1ccccc1. The molecule has 0 spiro atoms. The molecule has 3 N–H and O–H groups in total. The molecule has 4 nitrogen and oxygen atoms in total. The Morgan fingerprint density at radius 1 is 1.33 bits per heavy atom. The van der Waals surface area contributed by atoms with E-state index in [2.05, 4.69) is 38.2 Å². The maximum atomic E-state index is 12.0. The summed E-state index contributed by atoms with van der Waals surface area (Å²) in [4.78, 5) is 14.0. The average molecular weight is 291 g/mol. The smallest absolute Gasteiger partial charge is 0.234 e. The monoisotopic (exact) mass is 291 g/mol. The van der Waals surface area contributed by atoms with E-state index >= 15 is 0 Å². The van der Waals surface area contributed by atoms with Gasteiger partial charge in [-0.05, 0) is 30.5 Å². The van der Waals surface area contributed by atoms with Crippen molar-refractivity contribution in [3.8, 4) is 0 Å². The highest BCUT2D eigenvalue weighted by Gasteiger charge is 2.19. The van der Waals surface area contributed by atoms with Crippen molar-refractivity contribution in [2.45, 2.75) is 26.7 Å². The number of nitrogens with two attached hydrogens (primary N) is 1. The summed E-state index contributed by atoms with van der Waals surface area (Å²) in [5, 5.41) is 3.00. The van der Waals surface area contributed by atoms with Gasteiger partial charge in [0.1, 0.15) is 0 Å². The lowest BCUT2D eigenvalue weighted by atomic mass is 9.93. The number of amides is 1. The molecular formula is C17H29N3O. The normalized spacial score (nSPS) is 13.2. The van der Waals surface area contributed by atoms with Gasteiger partial charge in [0.2, 0.25) is 5.91 Å². The van der Waals surface area contributed by atoms with E-state index in [4.69, 9.17) is 5.73 Å². The van der Waals surface area contributed by atoms with Crippen LogP contribution in [-0.4, -0.2) is 44.0 Å². The van der Waals surface area contributed by atoms with E-state index in [9.17, 15) is 4.79 Å². The number of rotatable bonds is 8. The van der Waals surface area contributed by atoms with E-state index in [1.807, 2.05) is 30.1 Å². The molecule has 0 radical (unpaired) electrons. The minimum Gasteiger partial charge on any atom is -0.354 e. The van der Waals surface area contributed by atoms with Crippen molar-refractivity contribution >= 4 is 5.91 Å².